The number of aryl methyl sites for hydroxylation is 2. The lowest BCUT2D eigenvalue weighted by molar-refractivity contribution is 0.137. The Kier molecular flexibility index (Phi) is 5.75. The summed E-state index contributed by atoms with van der Waals surface area (Å²) in [4.78, 5) is 23.9. The molecule has 0 saturated heterocycles. The quantitative estimate of drug-likeness (QED) is 0.539. The summed E-state index contributed by atoms with van der Waals surface area (Å²) in [5.74, 6) is 1.54. The van der Waals surface area contributed by atoms with Crippen LogP contribution in [0.2, 0.25) is 0 Å². The number of hydrogen-bond acceptors (Lipinski definition) is 8. The molecule has 1 aliphatic rings. The van der Waals surface area contributed by atoms with E-state index in [0.717, 1.165) is 36.4 Å². The van der Waals surface area contributed by atoms with Crippen LogP contribution in [-0.2, 0) is 13.0 Å². The first-order valence-electron chi connectivity index (χ1n) is 10.6. The Bertz CT molecular complexity index is 1250. The normalized spacial score (nSPS) is 15.4. The number of nitrogens with zero attached hydrogens (tertiary/aromatic N) is 4. The first-order chi connectivity index (χ1) is 15.3. The molecule has 1 atom stereocenters. The summed E-state index contributed by atoms with van der Waals surface area (Å²) in [6, 6.07) is 5.96. The number of anilines is 3. The van der Waals surface area contributed by atoms with Crippen molar-refractivity contribution in [2.75, 3.05) is 31.7 Å². The van der Waals surface area contributed by atoms with Crippen LogP contribution in [0.5, 0.6) is 5.75 Å². The van der Waals surface area contributed by atoms with Gasteiger partial charge in [-0.15, -0.1) is 0 Å². The van der Waals surface area contributed by atoms with Gasteiger partial charge in [-0.1, -0.05) is 6.58 Å². The van der Waals surface area contributed by atoms with Crippen LogP contribution in [0.15, 0.2) is 35.8 Å². The van der Waals surface area contributed by atoms with Crippen molar-refractivity contribution in [2.45, 2.75) is 32.4 Å². The molecule has 4 rings (SSSR count). The van der Waals surface area contributed by atoms with Crippen LogP contribution in [0.1, 0.15) is 24.5 Å². The third kappa shape index (κ3) is 3.99. The summed E-state index contributed by atoms with van der Waals surface area (Å²) < 4.78 is 7.86. The number of benzene rings is 1. The predicted molar refractivity (Wildman–Crippen MR) is 128 cm³/mol. The summed E-state index contributed by atoms with van der Waals surface area (Å²) in [6.45, 7) is 7.01. The molecule has 32 heavy (non-hydrogen) atoms. The van der Waals surface area contributed by atoms with E-state index in [-0.39, 0.29) is 28.6 Å². The number of nitrogens with one attached hydrogen (secondary N) is 1. The Labute approximate surface area is 186 Å². The van der Waals surface area contributed by atoms with Gasteiger partial charge in [0.1, 0.15) is 17.7 Å². The largest absolute Gasteiger partial charge is 0.489 e. The summed E-state index contributed by atoms with van der Waals surface area (Å²) in [6.07, 6.45) is 3.61. The summed E-state index contributed by atoms with van der Waals surface area (Å²) in [5, 5.41) is 3.58. The minimum Gasteiger partial charge on any atom is -0.489 e. The van der Waals surface area contributed by atoms with Crippen molar-refractivity contribution in [3.05, 3.63) is 52.3 Å². The third-order valence-electron chi connectivity index (χ3n) is 5.59. The third-order valence-corrected chi connectivity index (χ3v) is 5.59. The topological polar surface area (TPSA) is 124 Å². The summed E-state index contributed by atoms with van der Waals surface area (Å²) in [7, 11) is 4.10. The Balaban J connectivity index is 1.65. The minimum atomic E-state index is -0.320. The molecule has 0 bridgehead atoms. The number of pyridine rings is 1. The molecule has 9 heteroatoms. The van der Waals surface area contributed by atoms with Crippen LogP contribution in [0, 0.1) is 0 Å². The van der Waals surface area contributed by atoms with E-state index in [9.17, 15) is 4.79 Å². The second kappa shape index (κ2) is 8.51. The Morgan fingerprint density at radius 3 is 2.88 bits per heavy atom. The highest BCUT2D eigenvalue weighted by atomic mass is 16.5. The smallest absolute Gasteiger partial charge is 0.229 e. The SMILES string of the molecule is C=C(N)c1c(N)n(CC)c2nc(Nc3ccc4c(c3)CCC(CN(C)C)O4)ncc2c1=O. The summed E-state index contributed by atoms with van der Waals surface area (Å²) in [5.41, 5.74) is 14.5. The molecule has 2 aromatic heterocycles. The molecular weight excluding hydrogens is 406 g/mol. The number of rotatable bonds is 6. The van der Waals surface area contributed by atoms with Crippen molar-refractivity contribution in [3.8, 4) is 5.75 Å². The van der Waals surface area contributed by atoms with Gasteiger partial charge < -0.3 is 31.0 Å². The fourth-order valence-corrected chi connectivity index (χ4v) is 4.12. The lowest BCUT2D eigenvalue weighted by atomic mass is 10.0. The minimum absolute atomic E-state index is 0.128. The molecule has 1 aliphatic heterocycles. The zero-order chi connectivity index (χ0) is 23.0. The molecule has 3 aromatic rings. The fraction of sp³-hybridized carbons (Fsp3) is 0.348. The first-order valence-corrected chi connectivity index (χ1v) is 10.6. The molecule has 1 aromatic carbocycles. The highest BCUT2D eigenvalue weighted by Crippen LogP contribution is 2.31. The van der Waals surface area contributed by atoms with Crippen molar-refractivity contribution in [1.82, 2.24) is 19.4 Å². The van der Waals surface area contributed by atoms with Gasteiger partial charge in [-0.2, -0.15) is 4.98 Å². The maximum atomic E-state index is 12.8. The van der Waals surface area contributed by atoms with Gasteiger partial charge in [0.2, 0.25) is 11.4 Å². The van der Waals surface area contributed by atoms with Crippen molar-refractivity contribution < 1.29 is 4.74 Å². The van der Waals surface area contributed by atoms with Gasteiger partial charge in [0.25, 0.3) is 0 Å². The zero-order valence-electron chi connectivity index (χ0n) is 18.7. The Morgan fingerprint density at radius 1 is 1.41 bits per heavy atom. The van der Waals surface area contributed by atoms with Gasteiger partial charge in [-0.3, -0.25) is 4.79 Å². The van der Waals surface area contributed by atoms with Gasteiger partial charge >= 0.3 is 0 Å². The van der Waals surface area contributed by atoms with Crippen molar-refractivity contribution in [2.24, 2.45) is 5.73 Å². The Morgan fingerprint density at radius 2 is 2.19 bits per heavy atom. The van der Waals surface area contributed by atoms with E-state index in [1.54, 1.807) is 4.57 Å². The van der Waals surface area contributed by atoms with E-state index in [1.807, 2.05) is 33.2 Å². The lowest BCUT2D eigenvalue weighted by Gasteiger charge is -2.28. The van der Waals surface area contributed by atoms with Crippen LogP contribution < -0.4 is 26.9 Å². The van der Waals surface area contributed by atoms with Gasteiger partial charge in [-0.25, -0.2) is 4.98 Å². The van der Waals surface area contributed by atoms with E-state index >= 15 is 0 Å². The maximum Gasteiger partial charge on any atom is 0.229 e. The van der Waals surface area contributed by atoms with Crippen LogP contribution in [0.3, 0.4) is 0 Å². The van der Waals surface area contributed by atoms with Crippen molar-refractivity contribution in [1.29, 1.82) is 0 Å². The highest BCUT2D eigenvalue weighted by molar-refractivity contribution is 5.84. The molecule has 1 unspecified atom stereocenters. The molecule has 0 saturated carbocycles. The fourth-order valence-electron chi connectivity index (χ4n) is 4.12. The molecule has 3 heterocycles. The average Bonchev–Trinajstić information content (AvgIpc) is 2.73. The van der Waals surface area contributed by atoms with Crippen molar-refractivity contribution in [3.63, 3.8) is 0 Å². The van der Waals surface area contributed by atoms with E-state index in [0.29, 0.717) is 23.5 Å². The lowest BCUT2D eigenvalue weighted by Crippen LogP contribution is -2.33. The van der Waals surface area contributed by atoms with Gasteiger partial charge in [-0.05, 0) is 57.6 Å². The molecule has 168 valence electrons. The van der Waals surface area contributed by atoms with Crippen LogP contribution in [0.25, 0.3) is 16.7 Å². The molecule has 0 spiro atoms. The van der Waals surface area contributed by atoms with E-state index < -0.39 is 0 Å². The monoisotopic (exact) mass is 435 g/mol. The highest BCUT2D eigenvalue weighted by Gasteiger charge is 2.21. The van der Waals surface area contributed by atoms with Gasteiger partial charge in [0.05, 0.1) is 10.9 Å². The number of nitrogen functional groups attached to an aromatic ring is 1. The van der Waals surface area contributed by atoms with Crippen LogP contribution in [0.4, 0.5) is 17.5 Å². The molecule has 0 radical (unpaired) electrons. The first kappa shape index (κ1) is 21.6. The van der Waals surface area contributed by atoms with E-state index in [1.165, 1.54) is 6.20 Å². The number of nitrogens with two attached hydrogens (primary N) is 2. The van der Waals surface area contributed by atoms with E-state index in [2.05, 4.69) is 32.8 Å². The Hall–Kier alpha value is -3.59. The van der Waals surface area contributed by atoms with Crippen LogP contribution >= 0.6 is 0 Å². The predicted octanol–water partition coefficient (Wildman–Crippen LogP) is 2.32. The van der Waals surface area contributed by atoms with Gasteiger partial charge in [0.15, 0.2) is 5.65 Å². The van der Waals surface area contributed by atoms with Crippen LogP contribution in [-0.4, -0.2) is 46.2 Å². The number of likely N-dealkylation sites (N-methyl/N-ethyl adjacent to an activating group) is 1. The molecule has 5 N–H and O–H groups in total. The van der Waals surface area contributed by atoms with E-state index in [4.69, 9.17) is 16.2 Å². The van der Waals surface area contributed by atoms with Crippen molar-refractivity contribution >= 4 is 34.2 Å². The molecule has 0 amide bonds. The molecule has 0 aliphatic carbocycles. The molecular formula is C23H29N7O2. The number of hydrogen-bond donors (Lipinski definition) is 3. The summed E-state index contributed by atoms with van der Waals surface area (Å²) >= 11 is 0. The zero-order valence-corrected chi connectivity index (χ0v) is 18.7. The standard InChI is InChI=1S/C23H29N7O2/c1-5-30-21(25)19(13(2)24)20(31)17-11-26-23(28-22(17)30)27-15-7-9-18-14(10-15)6-8-16(32-18)12-29(3)4/h7,9-11,16H,2,5-6,8,12,24-25H2,1,3-4H3,(H,26,27,28). The molecule has 0 fully saturated rings. The number of ether oxygens (including phenoxy) is 1. The second-order valence-corrected chi connectivity index (χ2v) is 8.28. The number of aromatic nitrogens is 3. The number of fused-ring (bicyclic) bond motifs is 2. The average molecular weight is 436 g/mol. The maximum absolute atomic E-state index is 12.8. The van der Waals surface area contributed by atoms with Gasteiger partial charge in [0, 0.05) is 30.7 Å². The second-order valence-electron chi connectivity index (χ2n) is 8.28. The molecule has 9 nitrogen and oxygen atoms in total.